The molecule has 0 aliphatic carbocycles. The summed E-state index contributed by atoms with van der Waals surface area (Å²) in [7, 11) is 0. The molecule has 1 aromatic carbocycles. The number of hydrogen-bond donors (Lipinski definition) is 0. The topological polar surface area (TPSA) is 17.1 Å². The fourth-order valence-corrected chi connectivity index (χ4v) is 1.12. The van der Waals surface area contributed by atoms with Gasteiger partial charge in [0.25, 0.3) is 0 Å². The molecule has 0 saturated heterocycles. The van der Waals surface area contributed by atoms with Crippen LogP contribution in [0.5, 0.6) is 0 Å². The zero-order valence-corrected chi connectivity index (χ0v) is 8.24. The van der Waals surface area contributed by atoms with Gasteiger partial charge in [0.1, 0.15) is 0 Å². The van der Waals surface area contributed by atoms with E-state index in [1.165, 1.54) is 0 Å². The molecule has 0 aromatic heterocycles. The van der Waals surface area contributed by atoms with Crippen LogP contribution >= 0.6 is 0 Å². The smallest absolute Gasteiger partial charge is 0.294 e. The summed E-state index contributed by atoms with van der Waals surface area (Å²) in [6, 6.07) is 0.744. The van der Waals surface area contributed by atoms with Crippen LogP contribution in [0.15, 0.2) is 12.1 Å². The molecule has 94 valence electrons. The molecule has 0 N–H and O–H groups in total. The van der Waals surface area contributed by atoms with E-state index in [1.807, 2.05) is 0 Å². The Bertz CT molecular complexity index is 414. The zero-order valence-electron chi connectivity index (χ0n) is 8.24. The minimum atomic E-state index is -4.53. The summed E-state index contributed by atoms with van der Waals surface area (Å²) in [6.45, 7) is 0. The lowest BCUT2D eigenvalue weighted by atomic mass is 10.1. The van der Waals surface area contributed by atoms with Gasteiger partial charge in [0.15, 0.2) is 23.2 Å². The molecule has 0 atom stereocenters. The first-order valence-corrected chi connectivity index (χ1v) is 4.45. The molecule has 1 aromatic rings. The van der Waals surface area contributed by atoms with Crippen LogP contribution < -0.4 is 0 Å². The summed E-state index contributed by atoms with van der Waals surface area (Å²) in [5.74, 6) is -6.08. The Kier molecular flexibility index (Phi) is 3.79. The summed E-state index contributed by atoms with van der Waals surface area (Å²) in [4.78, 5) is 11.2. The molecule has 7 heteroatoms. The first-order valence-electron chi connectivity index (χ1n) is 4.45. The van der Waals surface area contributed by atoms with Crippen molar-refractivity contribution in [1.29, 1.82) is 0 Å². The molecule has 1 rings (SSSR count). The van der Waals surface area contributed by atoms with Crippen molar-refractivity contribution in [3.05, 3.63) is 35.1 Å². The Hall–Kier alpha value is -1.53. The van der Waals surface area contributed by atoms with Crippen LogP contribution in [-0.4, -0.2) is 12.0 Å². The lowest BCUT2D eigenvalue weighted by Gasteiger charge is -2.06. The number of Topliss-reactive ketones (excluding diaryl/α,β-unsaturated/α-hetero) is 1. The van der Waals surface area contributed by atoms with E-state index in [1.54, 1.807) is 0 Å². The maximum atomic E-state index is 12.7. The Labute approximate surface area is 92.0 Å². The van der Waals surface area contributed by atoms with E-state index in [9.17, 15) is 31.1 Å². The van der Waals surface area contributed by atoms with Gasteiger partial charge >= 0.3 is 6.18 Å². The van der Waals surface area contributed by atoms with Gasteiger partial charge in [0, 0.05) is 12.0 Å². The SMILES string of the molecule is O=C(CCC(F)(F)F)c1cc(F)c(F)c(F)c1. The van der Waals surface area contributed by atoms with Gasteiger partial charge in [-0.1, -0.05) is 0 Å². The minimum absolute atomic E-state index is 0.372. The van der Waals surface area contributed by atoms with Gasteiger partial charge in [-0.25, -0.2) is 13.2 Å². The van der Waals surface area contributed by atoms with E-state index in [2.05, 4.69) is 0 Å². The van der Waals surface area contributed by atoms with Crippen molar-refractivity contribution in [3.8, 4) is 0 Å². The number of carbonyl (C=O) groups is 1. The average molecular weight is 256 g/mol. The van der Waals surface area contributed by atoms with E-state index in [4.69, 9.17) is 0 Å². The van der Waals surface area contributed by atoms with Gasteiger partial charge in [0.05, 0.1) is 6.42 Å². The van der Waals surface area contributed by atoms with Crippen molar-refractivity contribution in [2.75, 3.05) is 0 Å². The summed E-state index contributed by atoms with van der Waals surface area (Å²) in [5.41, 5.74) is -0.620. The van der Waals surface area contributed by atoms with Crippen LogP contribution in [-0.2, 0) is 0 Å². The highest BCUT2D eigenvalue weighted by atomic mass is 19.4. The van der Waals surface area contributed by atoms with Gasteiger partial charge in [-0.2, -0.15) is 13.2 Å². The highest BCUT2D eigenvalue weighted by molar-refractivity contribution is 5.96. The fraction of sp³-hybridized carbons (Fsp3) is 0.300. The summed E-state index contributed by atoms with van der Waals surface area (Å²) < 4.78 is 73.3. The van der Waals surface area contributed by atoms with Crippen LogP contribution in [0.1, 0.15) is 23.2 Å². The van der Waals surface area contributed by atoms with Crippen LogP contribution in [0, 0.1) is 17.5 Å². The van der Waals surface area contributed by atoms with Crippen molar-refractivity contribution in [3.63, 3.8) is 0 Å². The summed E-state index contributed by atoms with van der Waals surface area (Å²) >= 11 is 0. The van der Waals surface area contributed by atoms with Gasteiger partial charge in [-0.15, -0.1) is 0 Å². The molecule has 0 fully saturated rings. The Balaban J connectivity index is 2.84. The van der Waals surface area contributed by atoms with Gasteiger partial charge in [-0.3, -0.25) is 4.79 Å². The molecule has 0 amide bonds. The molecule has 17 heavy (non-hydrogen) atoms. The first-order chi connectivity index (χ1) is 7.70. The average Bonchev–Trinajstić information content (AvgIpc) is 2.20. The number of hydrogen-bond acceptors (Lipinski definition) is 1. The van der Waals surface area contributed by atoms with E-state index >= 15 is 0 Å². The molecule has 0 aliphatic rings. The van der Waals surface area contributed by atoms with Crippen LogP contribution in [0.2, 0.25) is 0 Å². The van der Waals surface area contributed by atoms with Gasteiger partial charge < -0.3 is 0 Å². The predicted octanol–water partition coefficient (Wildman–Crippen LogP) is 3.63. The van der Waals surface area contributed by atoms with Gasteiger partial charge in [-0.05, 0) is 12.1 Å². The predicted molar refractivity (Wildman–Crippen MR) is 45.9 cm³/mol. The molecule has 0 saturated carbocycles. The standard InChI is InChI=1S/C10H6F6O/c11-6-3-5(4-7(12)9(6)13)8(17)1-2-10(14,15)16/h3-4H,1-2H2. The lowest BCUT2D eigenvalue weighted by molar-refractivity contribution is -0.133. The molecule has 0 aliphatic heterocycles. The van der Waals surface area contributed by atoms with E-state index < -0.39 is 47.8 Å². The molecular weight excluding hydrogens is 250 g/mol. The summed E-state index contributed by atoms with van der Waals surface area (Å²) in [6.07, 6.45) is -6.87. The second-order valence-electron chi connectivity index (χ2n) is 3.29. The third-order valence-electron chi connectivity index (χ3n) is 1.94. The summed E-state index contributed by atoms with van der Waals surface area (Å²) in [5, 5.41) is 0. The Morgan fingerprint density at radius 1 is 1.06 bits per heavy atom. The number of carbonyl (C=O) groups excluding carboxylic acids is 1. The van der Waals surface area contributed by atoms with Crippen LogP contribution in [0.3, 0.4) is 0 Å². The fourth-order valence-electron chi connectivity index (χ4n) is 1.12. The maximum Gasteiger partial charge on any atom is 0.389 e. The minimum Gasteiger partial charge on any atom is -0.294 e. The maximum absolute atomic E-state index is 12.7. The second kappa shape index (κ2) is 4.77. The monoisotopic (exact) mass is 256 g/mol. The number of rotatable bonds is 3. The molecule has 0 heterocycles. The number of alkyl halides is 3. The van der Waals surface area contributed by atoms with Crippen molar-refractivity contribution in [1.82, 2.24) is 0 Å². The Morgan fingerprint density at radius 3 is 1.94 bits per heavy atom. The zero-order chi connectivity index (χ0) is 13.2. The van der Waals surface area contributed by atoms with Crippen LogP contribution in [0.4, 0.5) is 26.3 Å². The third-order valence-corrected chi connectivity index (χ3v) is 1.94. The normalized spacial score (nSPS) is 11.6. The Morgan fingerprint density at radius 2 is 1.53 bits per heavy atom. The number of ketones is 1. The van der Waals surface area contributed by atoms with Crippen molar-refractivity contribution in [2.45, 2.75) is 19.0 Å². The first kappa shape index (κ1) is 13.5. The van der Waals surface area contributed by atoms with Crippen LogP contribution in [0.25, 0.3) is 0 Å². The second-order valence-corrected chi connectivity index (χ2v) is 3.29. The number of benzene rings is 1. The highest BCUT2D eigenvalue weighted by Crippen LogP contribution is 2.23. The molecule has 1 nitrogen and oxygen atoms in total. The number of halogens is 6. The molecule has 0 bridgehead atoms. The molecule has 0 radical (unpaired) electrons. The van der Waals surface area contributed by atoms with Crippen molar-refractivity contribution >= 4 is 5.78 Å². The third kappa shape index (κ3) is 3.76. The molecule has 0 spiro atoms. The van der Waals surface area contributed by atoms with Gasteiger partial charge in [0.2, 0.25) is 0 Å². The van der Waals surface area contributed by atoms with E-state index in [-0.39, 0.29) is 0 Å². The molecule has 0 unspecified atom stereocenters. The van der Waals surface area contributed by atoms with E-state index in [0.717, 1.165) is 0 Å². The van der Waals surface area contributed by atoms with Crippen molar-refractivity contribution < 1.29 is 31.1 Å². The largest absolute Gasteiger partial charge is 0.389 e. The molecular formula is C10H6F6O. The van der Waals surface area contributed by atoms with Crippen molar-refractivity contribution in [2.24, 2.45) is 0 Å². The van der Waals surface area contributed by atoms with E-state index in [0.29, 0.717) is 12.1 Å². The highest BCUT2D eigenvalue weighted by Gasteiger charge is 2.28. The quantitative estimate of drug-likeness (QED) is 0.458. The lowest BCUT2D eigenvalue weighted by Crippen LogP contribution is -2.11.